The number of benzene rings is 1. The molecule has 0 spiro atoms. The van der Waals surface area contributed by atoms with Crippen LogP contribution in [-0.2, 0) is 4.79 Å². The van der Waals surface area contributed by atoms with Crippen molar-refractivity contribution in [2.75, 3.05) is 23.3 Å². The highest BCUT2D eigenvalue weighted by molar-refractivity contribution is 5.93. The van der Waals surface area contributed by atoms with Crippen LogP contribution < -0.4 is 10.2 Å². The number of aryl methyl sites for hydroxylation is 1. The Morgan fingerprint density at radius 1 is 1.19 bits per heavy atom. The minimum Gasteiger partial charge on any atom is -0.357 e. The van der Waals surface area contributed by atoms with Crippen LogP contribution in [0.25, 0.3) is 5.69 Å². The molecule has 1 aliphatic heterocycles. The number of piperidine rings is 1. The first-order valence-electron chi connectivity index (χ1n) is 9.14. The number of carbonyl (C=O) groups excluding carboxylic acids is 1. The summed E-state index contributed by atoms with van der Waals surface area (Å²) in [5.41, 5.74) is 2.79. The van der Waals surface area contributed by atoms with Crippen molar-refractivity contribution in [3.63, 3.8) is 0 Å². The van der Waals surface area contributed by atoms with Gasteiger partial charge < -0.3 is 10.2 Å². The lowest BCUT2D eigenvalue weighted by Gasteiger charge is -2.32. The molecule has 0 atom stereocenters. The van der Waals surface area contributed by atoms with Crippen molar-refractivity contribution >= 4 is 17.4 Å². The molecule has 3 aromatic rings. The maximum Gasteiger partial charge on any atom is 0.227 e. The first-order valence-corrected chi connectivity index (χ1v) is 9.14. The van der Waals surface area contributed by atoms with Crippen LogP contribution in [-0.4, -0.2) is 39.0 Å². The van der Waals surface area contributed by atoms with Crippen molar-refractivity contribution in [1.29, 1.82) is 0 Å². The van der Waals surface area contributed by atoms with E-state index in [1.165, 1.54) is 0 Å². The third kappa shape index (κ3) is 3.97. The number of rotatable bonds is 4. The molecule has 1 aromatic carbocycles. The zero-order chi connectivity index (χ0) is 18.6. The van der Waals surface area contributed by atoms with Crippen LogP contribution in [0.3, 0.4) is 0 Å². The van der Waals surface area contributed by atoms with Crippen LogP contribution in [0, 0.1) is 12.8 Å². The van der Waals surface area contributed by atoms with E-state index in [2.05, 4.69) is 31.6 Å². The zero-order valence-electron chi connectivity index (χ0n) is 15.2. The van der Waals surface area contributed by atoms with Gasteiger partial charge in [-0.1, -0.05) is 17.3 Å². The summed E-state index contributed by atoms with van der Waals surface area (Å²) in [5.74, 6) is 1.07. The number of pyridine rings is 1. The van der Waals surface area contributed by atoms with Gasteiger partial charge in [0, 0.05) is 30.9 Å². The number of amides is 1. The molecule has 4 rings (SSSR count). The molecule has 7 heteroatoms. The van der Waals surface area contributed by atoms with E-state index in [1.54, 1.807) is 17.1 Å². The van der Waals surface area contributed by atoms with Crippen LogP contribution in [0.5, 0.6) is 0 Å². The summed E-state index contributed by atoms with van der Waals surface area (Å²) in [6.45, 7) is 3.71. The molecule has 138 valence electrons. The van der Waals surface area contributed by atoms with Crippen molar-refractivity contribution in [1.82, 2.24) is 20.0 Å². The number of hydrogen-bond donors (Lipinski definition) is 1. The molecule has 0 radical (unpaired) electrons. The van der Waals surface area contributed by atoms with Crippen molar-refractivity contribution in [2.45, 2.75) is 19.8 Å². The quantitative estimate of drug-likeness (QED) is 0.772. The predicted molar refractivity (Wildman–Crippen MR) is 104 cm³/mol. The highest BCUT2D eigenvalue weighted by Crippen LogP contribution is 2.23. The van der Waals surface area contributed by atoms with Crippen LogP contribution in [0.15, 0.2) is 55.0 Å². The second-order valence-electron chi connectivity index (χ2n) is 6.84. The van der Waals surface area contributed by atoms with E-state index >= 15 is 0 Å². The molecule has 3 heterocycles. The lowest BCUT2D eigenvalue weighted by molar-refractivity contribution is -0.120. The van der Waals surface area contributed by atoms with E-state index in [0.29, 0.717) is 0 Å². The first-order chi connectivity index (χ1) is 13.2. The Hall–Kier alpha value is -3.22. The second kappa shape index (κ2) is 7.57. The maximum absolute atomic E-state index is 12.7. The van der Waals surface area contributed by atoms with Gasteiger partial charge in [0.1, 0.15) is 5.82 Å². The molecule has 1 amide bonds. The van der Waals surface area contributed by atoms with Gasteiger partial charge in [0.15, 0.2) is 0 Å². The van der Waals surface area contributed by atoms with Crippen molar-refractivity contribution in [3.05, 3.63) is 60.6 Å². The maximum atomic E-state index is 12.7. The van der Waals surface area contributed by atoms with Gasteiger partial charge in [0.25, 0.3) is 0 Å². The molecule has 1 N–H and O–H groups in total. The molecule has 0 bridgehead atoms. The van der Waals surface area contributed by atoms with Gasteiger partial charge in [-0.05, 0) is 49.6 Å². The predicted octanol–water partition coefficient (Wildman–Crippen LogP) is 2.83. The molecule has 1 saturated heterocycles. The Bertz CT molecular complexity index is 898. The lowest BCUT2D eigenvalue weighted by atomic mass is 9.95. The summed E-state index contributed by atoms with van der Waals surface area (Å²) in [6, 6.07) is 11.7. The highest BCUT2D eigenvalue weighted by atomic mass is 16.1. The van der Waals surface area contributed by atoms with Gasteiger partial charge in [-0.15, -0.1) is 5.10 Å². The SMILES string of the molecule is Cc1ccc(N2CCC(C(=O)Nc3cccc(-n4ccnn4)c3)CC2)nc1. The zero-order valence-corrected chi connectivity index (χ0v) is 15.2. The standard InChI is InChI=1S/C20H22N6O/c1-15-5-6-19(21-14-15)25-10-7-16(8-11-25)20(27)23-17-3-2-4-18(13-17)26-12-9-22-24-26/h2-6,9,12-14,16H,7-8,10-11H2,1H3,(H,23,27). The number of nitrogens with zero attached hydrogens (tertiary/aromatic N) is 5. The number of anilines is 2. The van der Waals surface area contributed by atoms with E-state index < -0.39 is 0 Å². The number of nitrogens with one attached hydrogen (secondary N) is 1. The monoisotopic (exact) mass is 362 g/mol. The van der Waals surface area contributed by atoms with Crippen LogP contribution in [0.2, 0.25) is 0 Å². The molecule has 1 fully saturated rings. The van der Waals surface area contributed by atoms with Crippen molar-refractivity contribution in [2.24, 2.45) is 5.92 Å². The summed E-state index contributed by atoms with van der Waals surface area (Å²) in [4.78, 5) is 19.4. The molecule has 7 nitrogen and oxygen atoms in total. The van der Waals surface area contributed by atoms with E-state index in [-0.39, 0.29) is 11.8 Å². The Morgan fingerprint density at radius 2 is 2.04 bits per heavy atom. The smallest absolute Gasteiger partial charge is 0.227 e. The Kier molecular flexibility index (Phi) is 4.82. The van der Waals surface area contributed by atoms with Gasteiger partial charge in [0.05, 0.1) is 18.1 Å². The van der Waals surface area contributed by atoms with E-state index in [0.717, 1.165) is 48.7 Å². The first kappa shape index (κ1) is 17.2. The molecule has 0 unspecified atom stereocenters. The normalized spacial score (nSPS) is 14.9. The van der Waals surface area contributed by atoms with Crippen molar-refractivity contribution < 1.29 is 4.79 Å². The van der Waals surface area contributed by atoms with Gasteiger partial charge in [0.2, 0.25) is 5.91 Å². The fraction of sp³-hybridized carbons (Fsp3) is 0.300. The van der Waals surface area contributed by atoms with Gasteiger partial charge in [-0.2, -0.15) is 0 Å². The molecular formula is C20H22N6O. The third-order valence-electron chi connectivity index (χ3n) is 4.89. The minimum atomic E-state index is 0.0155. The van der Waals surface area contributed by atoms with E-state index in [1.807, 2.05) is 43.5 Å². The summed E-state index contributed by atoms with van der Waals surface area (Å²) < 4.78 is 1.67. The summed E-state index contributed by atoms with van der Waals surface area (Å²) in [6.07, 6.45) is 6.93. The largest absolute Gasteiger partial charge is 0.357 e. The van der Waals surface area contributed by atoms with E-state index in [4.69, 9.17) is 0 Å². The van der Waals surface area contributed by atoms with Gasteiger partial charge in [-0.25, -0.2) is 9.67 Å². The summed E-state index contributed by atoms with van der Waals surface area (Å²) >= 11 is 0. The molecule has 2 aromatic heterocycles. The number of carbonyl (C=O) groups is 1. The third-order valence-corrected chi connectivity index (χ3v) is 4.89. The van der Waals surface area contributed by atoms with Gasteiger partial charge in [-0.3, -0.25) is 4.79 Å². The highest BCUT2D eigenvalue weighted by Gasteiger charge is 2.25. The fourth-order valence-electron chi connectivity index (χ4n) is 3.33. The van der Waals surface area contributed by atoms with Crippen molar-refractivity contribution in [3.8, 4) is 5.69 Å². The second-order valence-corrected chi connectivity index (χ2v) is 6.84. The number of aromatic nitrogens is 4. The molecule has 0 aliphatic carbocycles. The average Bonchev–Trinajstić information content (AvgIpc) is 3.24. The Balaban J connectivity index is 1.36. The Morgan fingerprint density at radius 3 is 2.74 bits per heavy atom. The number of hydrogen-bond acceptors (Lipinski definition) is 5. The summed E-state index contributed by atoms with van der Waals surface area (Å²) in [5, 5.41) is 10.8. The van der Waals surface area contributed by atoms with Gasteiger partial charge >= 0.3 is 0 Å². The molecule has 27 heavy (non-hydrogen) atoms. The van der Waals surface area contributed by atoms with E-state index in [9.17, 15) is 4.79 Å². The molecule has 1 aliphatic rings. The molecule has 0 saturated carbocycles. The Labute approximate surface area is 158 Å². The summed E-state index contributed by atoms with van der Waals surface area (Å²) in [7, 11) is 0. The van der Waals surface area contributed by atoms with Crippen LogP contribution >= 0.6 is 0 Å². The van der Waals surface area contributed by atoms with Crippen LogP contribution in [0.1, 0.15) is 18.4 Å². The lowest BCUT2D eigenvalue weighted by Crippen LogP contribution is -2.38. The average molecular weight is 362 g/mol. The fourth-order valence-corrected chi connectivity index (χ4v) is 3.33. The molecular weight excluding hydrogens is 340 g/mol. The topological polar surface area (TPSA) is 75.9 Å². The van der Waals surface area contributed by atoms with Crippen LogP contribution in [0.4, 0.5) is 11.5 Å². The minimum absolute atomic E-state index is 0.0155.